The Morgan fingerprint density at radius 2 is 0.885 bits per heavy atom. The topological polar surface area (TPSA) is 9.23 Å². The van der Waals surface area contributed by atoms with Crippen LogP contribution < -0.4 is 4.74 Å². The second-order valence-corrected chi connectivity index (χ2v) is 6.30. The fourth-order valence-corrected chi connectivity index (χ4v) is 2.98. The van der Waals surface area contributed by atoms with Crippen molar-refractivity contribution >= 4 is 0 Å². The fraction of sp³-hybridized carbons (Fsp3) is 0.0400. The zero-order chi connectivity index (χ0) is 17.6. The van der Waals surface area contributed by atoms with Gasteiger partial charge in [0, 0.05) is 0 Å². The molecule has 0 amide bonds. The molecule has 126 valence electrons. The molecule has 0 fully saturated rings. The van der Waals surface area contributed by atoms with Crippen LogP contribution in [0.1, 0.15) is 11.1 Å². The third-order valence-electron chi connectivity index (χ3n) is 4.37. The van der Waals surface area contributed by atoms with Gasteiger partial charge in [-0.15, -0.1) is 0 Å². The minimum Gasteiger partial charge on any atom is -0.457 e. The van der Waals surface area contributed by atoms with Crippen LogP contribution >= 0.6 is 0 Å². The molecule has 0 spiro atoms. The molecule has 0 bridgehead atoms. The van der Waals surface area contributed by atoms with Crippen LogP contribution in [0.15, 0.2) is 109 Å². The first-order chi connectivity index (χ1) is 12.9. The van der Waals surface area contributed by atoms with Gasteiger partial charge in [0.25, 0.3) is 0 Å². The van der Waals surface area contributed by atoms with Crippen molar-refractivity contribution in [1.82, 2.24) is 0 Å². The van der Waals surface area contributed by atoms with Crippen LogP contribution in [0.5, 0.6) is 11.5 Å². The van der Waals surface area contributed by atoms with E-state index in [1.807, 2.05) is 48.5 Å². The van der Waals surface area contributed by atoms with Crippen molar-refractivity contribution in [2.45, 2.75) is 6.42 Å². The van der Waals surface area contributed by atoms with Crippen molar-refractivity contribution in [2.24, 2.45) is 0 Å². The SMILES string of the molecule is c1ccc(Oc2ccc(Cc3ccc(-c4ccccc4)cc3)cc2)cc1. The zero-order valence-electron chi connectivity index (χ0n) is 14.5. The van der Waals surface area contributed by atoms with E-state index in [0.29, 0.717) is 0 Å². The van der Waals surface area contributed by atoms with E-state index in [0.717, 1.165) is 17.9 Å². The lowest BCUT2D eigenvalue weighted by Crippen LogP contribution is -1.89. The molecular formula is C25H20O. The fourth-order valence-electron chi connectivity index (χ4n) is 2.98. The third kappa shape index (κ3) is 4.01. The summed E-state index contributed by atoms with van der Waals surface area (Å²) in [4.78, 5) is 0. The molecule has 0 aliphatic heterocycles. The molecule has 0 aromatic heterocycles. The van der Waals surface area contributed by atoms with Crippen molar-refractivity contribution in [3.8, 4) is 22.6 Å². The van der Waals surface area contributed by atoms with Gasteiger partial charge in [0.1, 0.15) is 11.5 Å². The Hall–Kier alpha value is -3.32. The van der Waals surface area contributed by atoms with Crippen LogP contribution in [-0.4, -0.2) is 0 Å². The van der Waals surface area contributed by atoms with E-state index in [4.69, 9.17) is 4.74 Å². The number of rotatable bonds is 5. The summed E-state index contributed by atoms with van der Waals surface area (Å²) in [6.07, 6.45) is 0.917. The molecule has 0 aliphatic carbocycles. The second-order valence-electron chi connectivity index (χ2n) is 6.30. The van der Waals surface area contributed by atoms with Crippen molar-refractivity contribution in [1.29, 1.82) is 0 Å². The Balaban J connectivity index is 1.42. The summed E-state index contributed by atoms with van der Waals surface area (Å²) in [5.74, 6) is 1.72. The summed E-state index contributed by atoms with van der Waals surface area (Å²) >= 11 is 0. The number of hydrogen-bond donors (Lipinski definition) is 0. The summed E-state index contributed by atoms with van der Waals surface area (Å²) < 4.78 is 5.85. The molecule has 4 rings (SSSR count). The van der Waals surface area contributed by atoms with Gasteiger partial charge in [0.15, 0.2) is 0 Å². The van der Waals surface area contributed by atoms with Crippen LogP contribution in [-0.2, 0) is 6.42 Å². The van der Waals surface area contributed by atoms with Gasteiger partial charge in [-0.25, -0.2) is 0 Å². The highest BCUT2D eigenvalue weighted by Gasteiger charge is 2.01. The Morgan fingerprint density at radius 1 is 0.423 bits per heavy atom. The molecule has 0 aliphatic rings. The minimum atomic E-state index is 0.858. The van der Waals surface area contributed by atoms with Gasteiger partial charge in [0.05, 0.1) is 0 Å². The Bertz CT molecular complexity index is 940. The summed E-state index contributed by atoms with van der Waals surface area (Å²) in [5.41, 5.74) is 5.08. The molecule has 4 aromatic carbocycles. The summed E-state index contributed by atoms with van der Waals surface area (Å²) in [7, 11) is 0. The smallest absolute Gasteiger partial charge is 0.127 e. The quantitative estimate of drug-likeness (QED) is 0.392. The van der Waals surface area contributed by atoms with E-state index in [1.54, 1.807) is 0 Å². The van der Waals surface area contributed by atoms with E-state index >= 15 is 0 Å². The Morgan fingerprint density at radius 3 is 1.50 bits per heavy atom. The van der Waals surface area contributed by atoms with Crippen LogP contribution in [0, 0.1) is 0 Å². The first kappa shape index (κ1) is 16.2. The van der Waals surface area contributed by atoms with Crippen LogP contribution in [0.2, 0.25) is 0 Å². The largest absolute Gasteiger partial charge is 0.457 e. The van der Waals surface area contributed by atoms with Gasteiger partial charge in [-0.3, -0.25) is 0 Å². The first-order valence-electron chi connectivity index (χ1n) is 8.83. The predicted molar refractivity (Wildman–Crippen MR) is 108 cm³/mol. The molecule has 1 heteroatoms. The highest BCUT2D eigenvalue weighted by molar-refractivity contribution is 5.63. The van der Waals surface area contributed by atoms with Gasteiger partial charge >= 0.3 is 0 Å². The van der Waals surface area contributed by atoms with E-state index in [2.05, 4.69) is 60.7 Å². The average Bonchev–Trinajstić information content (AvgIpc) is 2.72. The molecule has 1 nitrogen and oxygen atoms in total. The van der Waals surface area contributed by atoms with E-state index in [1.165, 1.54) is 22.3 Å². The highest BCUT2D eigenvalue weighted by Crippen LogP contribution is 2.23. The average molecular weight is 336 g/mol. The maximum absolute atomic E-state index is 5.85. The van der Waals surface area contributed by atoms with Gasteiger partial charge < -0.3 is 4.74 Å². The summed E-state index contributed by atoms with van der Waals surface area (Å²) in [5, 5.41) is 0. The van der Waals surface area contributed by atoms with Gasteiger partial charge in [-0.1, -0.05) is 84.9 Å². The molecule has 26 heavy (non-hydrogen) atoms. The highest BCUT2D eigenvalue weighted by atomic mass is 16.5. The predicted octanol–water partition coefficient (Wildman–Crippen LogP) is 6.74. The lowest BCUT2D eigenvalue weighted by Gasteiger charge is -2.08. The van der Waals surface area contributed by atoms with Crippen molar-refractivity contribution < 1.29 is 4.74 Å². The molecule has 0 atom stereocenters. The van der Waals surface area contributed by atoms with Gasteiger partial charge in [0.2, 0.25) is 0 Å². The molecule has 0 N–H and O–H groups in total. The van der Waals surface area contributed by atoms with Crippen LogP contribution in [0.25, 0.3) is 11.1 Å². The maximum atomic E-state index is 5.85. The first-order valence-corrected chi connectivity index (χ1v) is 8.83. The normalized spacial score (nSPS) is 10.5. The van der Waals surface area contributed by atoms with Gasteiger partial charge in [-0.05, 0) is 52.9 Å². The Labute approximate surface area is 154 Å². The molecule has 4 aromatic rings. The molecule has 0 unspecified atom stereocenters. The van der Waals surface area contributed by atoms with E-state index < -0.39 is 0 Å². The molecular weight excluding hydrogens is 316 g/mol. The van der Waals surface area contributed by atoms with E-state index in [9.17, 15) is 0 Å². The van der Waals surface area contributed by atoms with Crippen LogP contribution in [0.4, 0.5) is 0 Å². The second kappa shape index (κ2) is 7.71. The third-order valence-corrected chi connectivity index (χ3v) is 4.37. The zero-order valence-corrected chi connectivity index (χ0v) is 14.5. The summed E-state index contributed by atoms with van der Waals surface area (Å²) in [6, 6.07) is 37.4. The number of para-hydroxylation sites is 1. The lowest BCUT2D eigenvalue weighted by molar-refractivity contribution is 0.482. The maximum Gasteiger partial charge on any atom is 0.127 e. The van der Waals surface area contributed by atoms with Gasteiger partial charge in [-0.2, -0.15) is 0 Å². The van der Waals surface area contributed by atoms with Crippen molar-refractivity contribution in [2.75, 3.05) is 0 Å². The molecule has 0 heterocycles. The van der Waals surface area contributed by atoms with Crippen molar-refractivity contribution in [3.05, 3.63) is 120 Å². The molecule has 0 saturated heterocycles. The number of hydrogen-bond acceptors (Lipinski definition) is 1. The number of ether oxygens (including phenoxy) is 1. The van der Waals surface area contributed by atoms with Crippen molar-refractivity contribution in [3.63, 3.8) is 0 Å². The summed E-state index contributed by atoms with van der Waals surface area (Å²) in [6.45, 7) is 0. The van der Waals surface area contributed by atoms with Crippen LogP contribution in [0.3, 0.4) is 0 Å². The monoisotopic (exact) mass is 336 g/mol. The van der Waals surface area contributed by atoms with E-state index in [-0.39, 0.29) is 0 Å². The Kier molecular flexibility index (Phi) is 4.79. The molecule has 0 saturated carbocycles. The number of benzene rings is 4. The minimum absolute atomic E-state index is 0.858. The lowest BCUT2D eigenvalue weighted by atomic mass is 10.0. The standard InChI is InChI=1S/C25H20O/c1-3-7-22(8-4-1)23-15-11-20(12-16-23)19-21-13-17-25(18-14-21)26-24-9-5-2-6-10-24/h1-18H,19H2. The molecule has 0 radical (unpaired) electrons.